The van der Waals surface area contributed by atoms with E-state index < -0.39 is 0 Å². The van der Waals surface area contributed by atoms with Gasteiger partial charge in [-0.05, 0) is 36.4 Å². The summed E-state index contributed by atoms with van der Waals surface area (Å²) < 4.78 is 10.9. The zero-order valence-corrected chi connectivity index (χ0v) is 15.0. The summed E-state index contributed by atoms with van der Waals surface area (Å²) >= 11 is 0. The van der Waals surface area contributed by atoms with Crippen LogP contribution in [-0.4, -0.2) is 31.2 Å². The van der Waals surface area contributed by atoms with Crippen LogP contribution in [0.4, 0.5) is 11.4 Å². The number of aromatic nitrogens is 1. The van der Waals surface area contributed by atoms with Crippen LogP contribution in [0, 0.1) is 0 Å². The van der Waals surface area contributed by atoms with E-state index in [0.29, 0.717) is 36.0 Å². The van der Waals surface area contributed by atoms with Crippen molar-refractivity contribution in [2.45, 2.75) is 0 Å². The van der Waals surface area contributed by atoms with Gasteiger partial charge in [0.2, 0.25) is 0 Å². The first-order chi connectivity index (χ1) is 13.3. The average molecular weight is 363 g/mol. The number of carbonyl (C=O) groups is 1. The molecule has 0 aliphatic carbocycles. The molecule has 6 nitrogen and oxygen atoms in total. The van der Waals surface area contributed by atoms with Crippen LogP contribution in [-0.2, 0) is 4.74 Å². The van der Waals surface area contributed by atoms with E-state index in [1.54, 1.807) is 31.5 Å². The lowest BCUT2D eigenvalue weighted by atomic mass is 10.2. The van der Waals surface area contributed by atoms with Crippen molar-refractivity contribution in [3.05, 3.63) is 78.6 Å². The lowest BCUT2D eigenvalue weighted by molar-refractivity contribution is 0.102. The number of anilines is 2. The van der Waals surface area contributed by atoms with Gasteiger partial charge in [-0.2, -0.15) is 0 Å². The number of ether oxygens (including phenoxy) is 2. The van der Waals surface area contributed by atoms with Gasteiger partial charge in [0.15, 0.2) is 5.75 Å². The smallest absolute Gasteiger partial charge is 0.274 e. The van der Waals surface area contributed by atoms with Crippen molar-refractivity contribution in [2.24, 2.45) is 0 Å². The molecule has 138 valence electrons. The molecule has 27 heavy (non-hydrogen) atoms. The fourth-order valence-electron chi connectivity index (χ4n) is 2.39. The van der Waals surface area contributed by atoms with Crippen molar-refractivity contribution in [3.8, 4) is 11.5 Å². The van der Waals surface area contributed by atoms with Gasteiger partial charge in [-0.15, -0.1) is 0 Å². The summed E-state index contributed by atoms with van der Waals surface area (Å²) in [5.74, 6) is 0.960. The Kier molecular flexibility index (Phi) is 6.38. The Morgan fingerprint density at radius 3 is 2.52 bits per heavy atom. The summed E-state index contributed by atoms with van der Waals surface area (Å²) in [6, 6.07) is 20.2. The van der Waals surface area contributed by atoms with Gasteiger partial charge in [-0.1, -0.05) is 30.3 Å². The molecule has 3 aromatic rings. The molecule has 1 aromatic heterocycles. The van der Waals surface area contributed by atoms with Gasteiger partial charge in [0, 0.05) is 13.7 Å². The Morgan fingerprint density at radius 1 is 1.00 bits per heavy atom. The van der Waals surface area contributed by atoms with E-state index in [-0.39, 0.29) is 5.91 Å². The molecule has 0 radical (unpaired) electrons. The molecule has 0 unspecified atom stereocenters. The first-order valence-corrected chi connectivity index (χ1v) is 8.58. The van der Waals surface area contributed by atoms with Crippen molar-refractivity contribution >= 4 is 17.3 Å². The molecule has 0 bridgehead atoms. The maximum Gasteiger partial charge on any atom is 0.274 e. The van der Waals surface area contributed by atoms with Crippen molar-refractivity contribution in [2.75, 3.05) is 30.9 Å². The summed E-state index contributed by atoms with van der Waals surface area (Å²) in [4.78, 5) is 16.7. The largest absolute Gasteiger partial charge is 0.455 e. The van der Waals surface area contributed by atoms with E-state index in [2.05, 4.69) is 15.6 Å². The fraction of sp³-hybridized carbons (Fsp3) is 0.143. The summed E-state index contributed by atoms with van der Waals surface area (Å²) in [6.45, 7) is 1.27. The molecule has 2 aromatic carbocycles. The third-order valence-electron chi connectivity index (χ3n) is 3.74. The van der Waals surface area contributed by atoms with Crippen molar-refractivity contribution in [1.82, 2.24) is 4.98 Å². The SMILES string of the molecule is COCCNc1ccc(C(=O)Nc2ccccc2Oc2ccccc2)nc1. The average Bonchev–Trinajstić information content (AvgIpc) is 2.71. The van der Waals surface area contributed by atoms with Gasteiger partial charge in [-0.3, -0.25) is 4.79 Å². The maximum absolute atomic E-state index is 12.5. The van der Waals surface area contributed by atoms with Crippen LogP contribution in [0.25, 0.3) is 0 Å². The molecule has 3 rings (SSSR count). The Hall–Kier alpha value is -3.38. The lowest BCUT2D eigenvalue weighted by Gasteiger charge is -2.12. The van der Waals surface area contributed by atoms with Crippen molar-refractivity contribution in [3.63, 3.8) is 0 Å². The molecule has 0 atom stereocenters. The predicted octanol–water partition coefficient (Wildman–Crippen LogP) is 4.18. The monoisotopic (exact) mass is 363 g/mol. The molecule has 6 heteroatoms. The zero-order valence-electron chi connectivity index (χ0n) is 15.0. The highest BCUT2D eigenvalue weighted by Crippen LogP contribution is 2.29. The van der Waals surface area contributed by atoms with Crippen LogP contribution < -0.4 is 15.4 Å². The van der Waals surface area contributed by atoms with Crippen LogP contribution in [0.3, 0.4) is 0 Å². The van der Waals surface area contributed by atoms with E-state index in [1.165, 1.54) is 0 Å². The number of pyridine rings is 1. The van der Waals surface area contributed by atoms with Crippen molar-refractivity contribution < 1.29 is 14.3 Å². The Labute approximate surface area is 158 Å². The highest BCUT2D eigenvalue weighted by Gasteiger charge is 2.11. The first-order valence-electron chi connectivity index (χ1n) is 8.58. The number of hydrogen-bond acceptors (Lipinski definition) is 5. The molecule has 0 aliphatic rings. The first kappa shape index (κ1) is 18.4. The van der Waals surface area contributed by atoms with Gasteiger partial charge in [0.25, 0.3) is 5.91 Å². The van der Waals surface area contributed by atoms with Gasteiger partial charge in [0.05, 0.1) is 24.2 Å². The second-order valence-electron chi connectivity index (χ2n) is 5.72. The molecule has 1 amide bonds. The van der Waals surface area contributed by atoms with Gasteiger partial charge in [-0.25, -0.2) is 4.98 Å². The lowest BCUT2D eigenvalue weighted by Crippen LogP contribution is -2.14. The number of methoxy groups -OCH3 is 1. The maximum atomic E-state index is 12.5. The Morgan fingerprint density at radius 2 is 1.78 bits per heavy atom. The number of nitrogens with zero attached hydrogens (tertiary/aromatic N) is 1. The van der Waals surface area contributed by atoms with Gasteiger partial charge in [0.1, 0.15) is 11.4 Å². The normalized spacial score (nSPS) is 10.3. The molecule has 0 saturated carbocycles. The van der Waals surface area contributed by atoms with Crippen LogP contribution in [0.15, 0.2) is 72.9 Å². The third-order valence-corrected chi connectivity index (χ3v) is 3.74. The van der Waals surface area contributed by atoms with Gasteiger partial charge < -0.3 is 20.1 Å². The summed E-state index contributed by atoms with van der Waals surface area (Å²) in [5, 5.41) is 6.01. The Balaban J connectivity index is 1.67. The second-order valence-corrected chi connectivity index (χ2v) is 5.72. The number of benzene rings is 2. The summed E-state index contributed by atoms with van der Waals surface area (Å²) in [7, 11) is 1.65. The quantitative estimate of drug-likeness (QED) is 0.587. The highest BCUT2D eigenvalue weighted by atomic mass is 16.5. The van der Waals surface area contributed by atoms with E-state index in [1.807, 2.05) is 48.5 Å². The summed E-state index contributed by atoms with van der Waals surface area (Å²) in [5.41, 5.74) is 1.73. The number of amides is 1. The fourth-order valence-corrected chi connectivity index (χ4v) is 2.39. The van der Waals surface area contributed by atoms with Crippen LogP contribution in [0.1, 0.15) is 10.5 Å². The second kappa shape index (κ2) is 9.35. The minimum atomic E-state index is -0.303. The molecule has 2 N–H and O–H groups in total. The van der Waals surface area contributed by atoms with E-state index >= 15 is 0 Å². The van der Waals surface area contributed by atoms with E-state index in [4.69, 9.17) is 9.47 Å². The number of hydrogen-bond donors (Lipinski definition) is 2. The Bertz CT molecular complexity index is 867. The molecule has 0 saturated heterocycles. The number of nitrogens with one attached hydrogen (secondary N) is 2. The molecule has 0 aliphatic heterocycles. The molecular weight excluding hydrogens is 342 g/mol. The van der Waals surface area contributed by atoms with Crippen molar-refractivity contribution in [1.29, 1.82) is 0 Å². The number of para-hydroxylation sites is 3. The zero-order chi connectivity index (χ0) is 18.9. The minimum absolute atomic E-state index is 0.303. The number of rotatable bonds is 8. The van der Waals surface area contributed by atoms with Crippen LogP contribution in [0.2, 0.25) is 0 Å². The van der Waals surface area contributed by atoms with E-state index in [9.17, 15) is 4.79 Å². The highest BCUT2D eigenvalue weighted by molar-refractivity contribution is 6.03. The standard InChI is InChI=1S/C21H21N3O3/c1-26-14-13-22-16-11-12-19(23-15-16)21(25)24-18-9-5-6-10-20(18)27-17-7-3-2-4-8-17/h2-12,15,22H,13-14H2,1H3,(H,24,25). The molecular formula is C21H21N3O3. The van der Waals surface area contributed by atoms with Crippen LogP contribution in [0.5, 0.6) is 11.5 Å². The predicted molar refractivity (Wildman–Crippen MR) is 106 cm³/mol. The summed E-state index contributed by atoms with van der Waals surface area (Å²) in [6.07, 6.45) is 1.62. The van der Waals surface area contributed by atoms with Gasteiger partial charge >= 0.3 is 0 Å². The van der Waals surface area contributed by atoms with Crippen LogP contribution >= 0.6 is 0 Å². The minimum Gasteiger partial charge on any atom is -0.455 e. The molecule has 0 spiro atoms. The molecule has 1 heterocycles. The number of carbonyl (C=O) groups excluding carboxylic acids is 1. The topological polar surface area (TPSA) is 72.5 Å². The molecule has 0 fully saturated rings. The third kappa shape index (κ3) is 5.29. The van der Waals surface area contributed by atoms with E-state index in [0.717, 1.165) is 5.69 Å².